The Labute approximate surface area is 142 Å². The SMILES string of the molecule is CC(NC(=O)CN(CC(N)=O)C(C)C)c1ccc2ccccc2c1. The van der Waals surface area contributed by atoms with Gasteiger partial charge in [0.2, 0.25) is 11.8 Å². The van der Waals surface area contributed by atoms with Crippen molar-refractivity contribution in [1.29, 1.82) is 0 Å². The van der Waals surface area contributed by atoms with E-state index < -0.39 is 5.91 Å². The molecule has 3 N–H and O–H groups in total. The fourth-order valence-electron chi connectivity index (χ4n) is 2.65. The summed E-state index contributed by atoms with van der Waals surface area (Å²) in [6, 6.07) is 14.3. The molecule has 0 saturated carbocycles. The first-order valence-electron chi connectivity index (χ1n) is 8.17. The van der Waals surface area contributed by atoms with Crippen LogP contribution in [0.1, 0.15) is 32.4 Å². The summed E-state index contributed by atoms with van der Waals surface area (Å²) in [5, 5.41) is 5.31. The molecule has 5 heteroatoms. The molecule has 0 spiro atoms. The van der Waals surface area contributed by atoms with Crippen LogP contribution >= 0.6 is 0 Å². The van der Waals surface area contributed by atoms with Crippen LogP contribution in [0.4, 0.5) is 0 Å². The first kappa shape index (κ1) is 17.9. The predicted octanol–water partition coefficient (Wildman–Crippen LogP) is 2.21. The monoisotopic (exact) mass is 327 g/mol. The Kier molecular flexibility index (Phi) is 5.93. The first-order chi connectivity index (χ1) is 11.4. The Morgan fingerprint density at radius 1 is 1.04 bits per heavy atom. The third kappa shape index (κ3) is 4.80. The van der Waals surface area contributed by atoms with E-state index in [1.807, 2.05) is 39.0 Å². The molecular weight excluding hydrogens is 302 g/mol. The fraction of sp³-hybridized carbons (Fsp3) is 0.368. The van der Waals surface area contributed by atoms with Crippen molar-refractivity contribution in [3.8, 4) is 0 Å². The van der Waals surface area contributed by atoms with Gasteiger partial charge in [0.25, 0.3) is 0 Å². The fourth-order valence-corrected chi connectivity index (χ4v) is 2.65. The average molecular weight is 327 g/mol. The summed E-state index contributed by atoms with van der Waals surface area (Å²) in [5.74, 6) is -0.551. The molecule has 1 atom stereocenters. The van der Waals surface area contributed by atoms with Crippen molar-refractivity contribution >= 4 is 22.6 Å². The highest BCUT2D eigenvalue weighted by molar-refractivity contribution is 5.84. The standard InChI is InChI=1S/C19H25N3O2/c1-13(2)22(11-18(20)23)12-19(24)21-14(3)16-9-8-15-6-4-5-7-17(15)10-16/h4-10,13-14H,11-12H2,1-3H3,(H2,20,23)(H,21,24). The number of hydrogen-bond acceptors (Lipinski definition) is 3. The zero-order chi connectivity index (χ0) is 17.7. The minimum atomic E-state index is -0.431. The molecule has 0 saturated heterocycles. The van der Waals surface area contributed by atoms with E-state index in [0.29, 0.717) is 0 Å². The molecule has 0 heterocycles. The van der Waals surface area contributed by atoms with Crippen molar-refractivity contribution in [2.45, 2.75) is 32.9 Å². The number of carbonyl (C=O) groups is 2. The highest BCUT2D eigenvalue weighted by Crippen LogP contribution is 2.20. The largest absolute Gasteiger partial charge is 0.369 e. The lowest BCUT2D eigenvalue weighted by atomic mass is 10.0. The highest BCUT2D eigenvalue weighted by atomic mass is 16.2. The van der Waals surface area contributed by atoms with Crippen molar-refractivity contribution in [3.63, 3.8) is 0 Å². The Morgan fingerprint density at radius 2 is 1.71 bits per heavy atom. The summed E-state index contributed by atoms with van der Waals surface area (Å²) >= 11 is 0. The van der Waals surface area contributed by atoms with Gasteiger partial charge in [-0.3, -0.25) is 14.5 Å². The van der Waals surface area contributed by atoms with Crippen LogP contribution in [0.25, 0.3) is 10.8 Å². The average Bonchev–Trinajstić information content (AvgIpc) is 2.53. The summed E-state index contributed by atoms with van der Waals surface area (Å²) < 4.78 is 0. The van der Waals surface area contributed by atoms with Gasteiger partial charge in [-0.05, 0) is 43.2 Å². The molecule has 5 nitrogen and oxygen atoms in total. The Bertz CT molecular complexity index is 727. The van der Waals surface area contributed by atoms with Gasteiger partial charge in [0.05, 0.1) is 19.1 Å². The quantitative estimate of drug-likeness (QED) is 0.819. The molecule has 128 valence electrons. The molecule has 0 aromatic heterocycles. The second-order valence-electron chi connectivity index (χ2n) is 6.36. The Balaban J connectivity index is 2.02. The van der Waals surface area contributed by atoms with Crippen LogP contribution in [0.3, 0.4) is 0 Å². The molecule has 0 radical (unpaired) electrons. The number of hydrogen-bond donors (Lipinski definition) is 2. The topological polar surface area (TPSA) is 75.4 Å². The van der Waals surface area contributed by atoms with Crippen LogP contribution in [-0.2, 0) is 9.59 Å². The third-order valence-corrected chi connectivity index (χ3v) is 4.09. The molecular formula is C19H25N3O2. The zero-order valence-electron chi connectivity index (χ0n) is 14.5. The summed E-state index contributed by atoms with van der Waals surface area (Å²) in [5.41, 5.74) is 6.29. The second-order valence-corrected chi connectivity index (χ2v) is 6.36. The molecule has 2 rings (SSSR count). The van der Waals surface area contributed by atoms with Gasteiger partial charge in [-0.2, -0.15) is 0 Å². The molecule has 2 aromatic carbocycles. The van der Waals surface area contributed by atoms with Gasteiger partial charge >= 0.3 is 0 Å². The van der Waals surface area contributed by atoms with E-state index in [0.717, 1.165) is 10.9 Å². The number of rotatable bonds is 7. The molecule has 2 amide bonds. The van der Waals surface area contributed by atoms with Crippen molar-refractivity contribution < 1.29 is 9.59 Å². The van der Waals surface area contributed by atoms with E-state index in [1.54, 1.807) is 4.90 Å². The minimum Gasteiger partial charge on any atom is -0.369 e. The molecule has 2 aromatic rings. The van der Waals surface area contributed by atoms with E-state index in [-0.39, 0.29) is 31.1 Å². The van der Waals surface area contributed by atoms with Crippen molar-refractivity contribution in [3.05, 3.63) is 48.0 Å². The van der Waals surface area contributed by atoms with E-state index >= 15 is 0 Å². The first-order valence-corrected chi connectivity index (χ1v) is 8.17. The second kappa shape index (κ2) is 7.93. The van der Waals surface area contributed by atoms with Crippen LogP contribution in [0.2, 0.25) is 0 Å². The number of nitrogens with two attached hydrogens (primary N) is 1. The number of fused-ring (bicyclic) bond motifs is 1. The normalized spacial score (nSPS) is 12.5. The summed E-state index contributed by atoms with van der Waals surface area (Å²) in [4.78, 5) is 25.1. The summed E-state index contributed by atoms with van der Waals surface area (Å²) in [6.45, 7) is 6.05. The predicted molar refractivity (Wildman–Crippen MR) is 96.4 cm³/mol. The zero-order valence-corrected chi connectivity index (χ0v) is 14.5. The van der Waals surface area contributed by atoms with Gasteiger partial charge < -0.3 is 11.1 Å². The Morgan fingerprint density at radius 3 is 2.33 bits per heavy atom. The van der Waals surface area contributed by atoms with Gasteiger partial charge in [-0.1, -0.05) is 36.4 Å². The van der Waals surface area contributed by atoms with Gasteiger partial charge in [-0.15, -0.1) is 0 Å². The third-order valence-electron chi connectivity index (χ3n) is 4.09. The number of amides is 2. The van der Waals surface area contributed by atoms with Crippen LogP contribution < -0.4 is 11.1 Å². The number of nitrogens with zero attached hydrogens (tertiary/aromatic N) is 1. The van der Waals surface area contributed by atoms with Crippen molar-refractivity contribution in [2.24, 2.45) is 5.73 Å². The van der Waals surface area contributed by atoms with Crippen LogP contribution in [-0.4, -0.2) is 35.8 Å². The van der Waals surface area contributed by atoms with Gasteiger partial charge in [-0.25, -0.2) is 0 Å². The lowest BCUT2D eigenvalue weighted by Crippen LogP contribution is -2.45. The van der Waals surface area contributed by atoms with E-state index in [4.69, 9.17) is 5.73 Å². The van der Waals surface area contributed by atoms with Crippen molar-refractivity contribution in [1.82, 2.24) is 10.2 Å². The van der Waals surface area contributed by atoms with E-state index in [2.05, 4.69) is 29.6 Å². The maximum atomic E-state index is 12.3. The van der Waals surface area contributed by atoms with E-state index in [9.17, 15) is 9.59 Å². The Hall–Kier alpha value is -2.40. The van der Waals surface area contributed by atoms with Gasteiger partial charge in [0.1, 0.15) is 0 Å². The van der Waals surface area contributed by atoms with Crippen LogP contribution in [0.15, 0.2) is 42.5 Å². The van der Waals surface area contributed by atoms with Gasteiger partial charge in [0.15, 0.2) is 0 Å². The van der Waals surface area contributed by atoms with Gasteiger partial charge in [0, 0.05) is 6.04 Å². The lowest BCUT2D eigenvalue weighted by Gasteiger charge is -2.25. The molecule has 0 aliphatic heterocycles. The number of benzene rings is 2. The molecule has 24 heavy (non-hydrogen) atoms. The molecule has 0 aliphatic rings. The summed E-state index contributed by atoms with van der Waals surface area (Å²) in [7, 11) is 0. The maximum Gasteiger partial charge on any atom is 0.234 e. The number of primary amides is 1. The van der Waals surface area contributed by atoms with Crippen LogP contribution in [0, 0.1) is 0 Å². The van der Waals surface area contributed by atoms with Crippen molar-refractivity contribution in [2.75, 3.05) is 13.1 Å². The molecule has 0 fully saturated rings. The smallest absolute Gasteiger partial charge is 0.234 e. The maximum absolute atomic E-state index is 12.3. The minimum absolute atomic E-state index is 0.0687. The number of carbonyl (C=O) groups excluding carboxylic acids is 2. The molecule has 0 bridgehead atoms. The molecule has 0 aliphatic carbocycles. The number of nitrogens with one attached hydrogen (secondary N) is 1. The molecule has 1 unspecified atom stereocenters. The van der Waals surface area contributed by atoms with E-state index in [1.165, 1.54) is 5.39 Å². The van der Waals surface area contributed by atoms with Crippen LogP contribution in [0.5, 0.6) is 0 Å². The highest BCUT2D eigenvalue weighted by Gasteiger charge is 2.17. The summed E-state index contributed by atoms with van der Waals surface area (Å²) in [6.07, 6.45) is 0. The lowest BCUT2D eigenvalue weighted by molar-refractivity contribution is -0.125.